The Morgan fingerprint density at radius 3 is 2.67 bits per heavy atom. The molecule has 110 valence electrons. The maximum absolute atomic E-state index is 11.3. The number of benzene rings is 2. The Morgan fingerprint density at radius 1 is 1.29 bits per heavy atom. The highest BCUT2D eigenvalue weighted by atomic mass is 32.2. The molecule has 2 rings (SSSR count). The van der Waals surface area contributed by atoms with E-state index in [2.05, 4.69) is 6.58 Å². The highest BCUT2D eigenvalue weighted by Crippen LogP contribution is 2.22. The van der Waals surface area contributed by atoms with Gasteiger partial charge in [0.25, 0.3) is 10.1 Å². The molecule has 0 unspecified atom stereocenters. The fourth-order valence-corrected chi connectivity index (χ4v) is 2.39. The standard InChI is InChI=1S/C15H14O5S/c1-2-12-7-11(8-13-5-3-4-6-14(12)13)9-20-15(16)10-21(17,18)19/h2-8H,1,9-10H2,(H,17,18,19). The van der Waals surface area contributed by atoms with E-state index in [0.717, 1.165) is 16.3 Å². The molecule has 0 fully saturated rings. The van der Waals surface area contributed by atoms with Crippen molar-refractivity contribution in [3.05, 3.63) is 54.1 Å². The van der Waals surface area contributed by atoms with Crippen LogP contribution in [0, 0.1) is 0 Å². The summed E-state index contributed by atoms with van der Waals surface area (Å²) in [4.78, 5) is 11.3. The maximum Gasteiger partial charge on any atom is 0.323 e. The van der Waals surface area contributed by atoms with Crippen molar-refractivity contribution in [1.82, 2.24) is 0 Å². The molecule has 0 aliphatic rings. The number of carbonyl (C=O) groups is 1. The Bertz CT molecular complexity index is 793. The molecule has 1 N–H and O–H groups in total. The molecule has 0 heterocycles. The second-order valence-corrected chi connectivity index (χ2v) is 5.95. The van der Waals surface area contributed by atoms with Gasteiger partial charge in [0.1, 0.15) is 6.61 Å². The van der Waals surface area contributed by atoms with Gasteiger partial charge in [-0.2, -0.15) is 8.42 Å². The van der Waals surface area contributed by atoms with Gasteiger partial charge in [0, 0.05) is 0 Å². The SMILES string of the molecule is C=Cc1cc(COC(=O)CS(=O)(=O)O)cc2ccccc12. The molecule has 0 amide bonds. The topological polar surface area (TPSA) is 80.7 Å². The highest BCUT2D eigenvalue weighted by Gasteiger charge is 2.14. The number of rotatable bonds is 5. The zero-order valence-electron chi connectivity index (χ0n) is 11.2. The minimum Gasteiger partial charge on any atom is -0.460 e. The molecule has 0 bridgehead atoms. The maximum atomic E-state index is 11.3. The summed E-state index contributed by atoms with van der Waals surface area (Å²) < 4.78 is 34.5. The molecule has 0 atom stereocenters. The van der Waals surface area contributed by atoms with Crippen LogP contribution in [0.25, 0.3) is 16.8 Å². The lowest BCUT2D eigenvalue weighted by Gasteiger charge is -2.08. The molecule has 0 spiro atoms. The van der Waals surface area contributed by atoms with Crippen molar-refractivity contribution in [2.24, 2.45) is 0 Å². The van der Waals surface area contributed by atoms with Gasteiger partial charge >= 0.3 is 5.97 Å². The highest BCUT2D eigenvalue weighted by molar-refractivity contribution is 7.86. The van der Waals surface area contributed by atoms with Crippen LogP contribution in [0.3, 0.4) is 0 Å². The van der Waals surface area contributed by atoms with Crippen LogP contribution in [0.15, 0.2) is 43.0 Å². The minimum atomic E-state index is -4.37. The third-order valence-corrected chi connectivity index (χ3v) is 3.47. The molecule has 0 aliphatic carbocycles. The van der Waals surface area contributed by atoms with Crippen LogP contribution in [0.4, 0.5) is 0 Å². The predicted molar refractivity (Wildman–Crippen MR) is 80.3 cm³/mol. The Morgan fingerprint density at radius 2 is 2.00 bits per heavy atom. The van der Waals surface area contributed by atoms with E-state index >= 15 is 0 Å². The zero-order chi connectivity index (χ0) is 15.5. The predicted octanol–water partition coefficient (Wildman–Crippen LogP) is 2.41. The second kappa shape index (κ2) is 6.07. The zero-order valence-corrected chi connectivity index (χ0v) is 12.0. The van der Waals surface area contributed by atoms with E-state index in [-0.39, 0.29) is 6.61 Å². The first-order valence-corrected chi connectivity index (χ1v) is 7.75. The molecule has 21 heavy (non-hydrogen) atoms. The van der Waals surface area contributed by atoms with Gasteiger partial charge in [-0.25, -0.2) is 0 Å². The van der Waals surface area contributed by atoms with Gasteiger partial charge in [-0.15, -0.1) is 0 Å². The summed E-state index contributed by atoms with van der Waals surface area (Å²) in [6.07, 6.45) is 1.70. The van der Waals surface area contributed by atoms with E-state index in [1.807, 2.05) is 36.4 Å². The normalized spacial score (nSPS) is 11.3. The van der Waals surface area contributed by atoms with Crippen LogP contribution in [0.2, 0.25) is 0 Å². The number of esters is 1. The van der Waals surface area contributed by atoms with Gasteiger partial charge < -0.3 is 4.74 Å². The molecule has 0 radical (unpaired) electrons. The van der Waals surface area contributed by atoms with Crippen molar-refractivity contribution in [1.29, 1.82) is 0 Å². The number of hydrogen-bond acceptors (Lipinski definition) is 4. The van der Waals surface area contributed by atoms with Crippen molar-refractivity contribution < 1.29 is 22.5 Å². The van der Waals surface area contributed by atoms with Gasteiger partial charge in [0.2, 0.25) is 0 Å². The smallest absolute Gasteiger partial charge is 0.323 e. The fraction of sp³-hybridized carbons (Fsp3) is 0.133. The molecule has 0 aliphatic heterocycles. The van der Waals surface area contributed by atoms with Crippen molar-refractivity contribution in [3.8, 4) is 0 Å². The number of ether oxygens (including phenoxy) is 1. The average molecular weight is 306 g/mol. The summed E-state index contributed by atoms with van der Waals surface area (Å²) in [7, 11) is -4.37. The van der Waals surface area contributed by atoms with Crippen LogP contribution >= 0.6 is 0 Å². The van der Waals surface area contributed by atoms with Crippen molar-refractivity contribution >= 4 is 32.9 Å². The monoisotopic (exact) mass is 306 g/mol. The Kier molecular flexibility index (Phi) is 4.40. The molecule has 2 aromatic carbocycles. The Balaban J connectivity index is 2.19. The molecule has 0 saturated carbocycles. The number of hydrogen-bond donors (Lipinski definition) is 1. The van der Waals surface area contributed by atoms with Gasteiger partial charge in [0.15, 0.2) is 5.75 Å². The molecular weight excluding hydrogens is 292 g/mol. The van der Waals surface area contributed by atoms with Crippen LogP contribution in [-0.4, -0.2) is 24.7 Å². The van der Waals surface area contributed by atoms with E-state index in [9.17, 15) is 13.2 Å². The van der Waals surface area contributed by atoms with Crippen LogP contribution in [0.5, 0.6) is 0 Å². The van der Waals surface area contributed by atoms with Crippen LogP contribution in [-0.2, 0) is 26.3 Å². The van der Waals surface area contributed by atoms with E-state index < -0.39 is 21.8 Å². The van der Waals surface area contributed by atoms with E-state index in [1.165, 1.54) is 0 Å². The Labute approximate surface area is 122 Å². The summed E-state index contributed by atoms with van der Waals surface area (Å²) >= 11 is 0. The first-order chi connectivity index (χ1) is 9.89. The van der Waals surface area contributed by atoms with Gasteiger partial charge in [-0.05, 0) is 34.0 Å². The summed E-state index contributed by atoms with van der Waals surface area (Å²) in [6, 6.07) is 11.4. The molecule has 2 aromatic rings. The van der Waals surface area contributed by atoms with E-state index in [4.69, 9.17) is 9.29 Å². The van der Waals surface area contributed by atoms with Crippen molar-refractivity contribution in [2.75, 3.05) is 5.75 Å². The second-order valence-electron chi connectivity index (χ2n) is 4.50. The van der Waals surface area contributed by atoms with Crippen molar-refractivity contribution in [2.45, 2.75) is 6.61 Å². The van der Waals surface area contributed by atoms with Gasteiger partial charge in [-0.3, -0.25) is 9.35 Å². The number of carbonyl (C=O) groups excluding carboxylic acids is 1. The lowest BCUT2D eigenvalue weighted by molar-refractivity contribution is -0.141. The molecule has 6 heteroatoms. The average Bonchev–Trinajstić information content (AvgIpc) is 2.42. The first-order valence-electron chi connectivity index (χ1n) is 6.14. The van der Waals surface area contributed by atoms with Gasteiger partial charge in [-0.1, -0.05) is 36.9 Å². The quantitative estimate of drug-likeness (QED) is 0.677. The van der Waals surface area contributed by atoms with Crippen LogP contribution < -0.4 is 0 Å². The fourth-order valence-electron chi connectivity index (χ4n) is 2.01. The molecule has 0 saturated heterocycles. The Hall–Kier alpha value is -2.18. The third kappa shape index (κ3) is 4.14. The minimum absolute atomic E-state index is 0.0694. The molecule has 5 nitrogen and oxygen atoms in total. The van der Waals surface area contributed by atoms with Gasteiger partial charge in [0.05, 0.1) is 0 Å². The summed E-state index contributed by atoms with van der Waals surface area (Å²) in [5.74, 6) is -2.04. The summed E-state index contributed by atoms with van der Waals surface area (Å²) in [5, 5.41) is 2.00. The number of fused-ring (bicyclic) bond motifs is 1. The van der Waals surface area contributed by atoms with E-state index in [1.54, 1.807) is 6.08 Å². The summed E-state index contributed by atoms with van der Waals surface area (Å²) in [5.41, 5.74) is 1.61. The third-order valence-electron chi connectivity index (χ3n) is 2.87. The van der Waals surface area contributed by atoms with Crippen LogP contribution in [0.1, 0.15) is 11.1 Å². The van der Waals surface area contributed by atoms with Crippen molar-refractivity contribution in [3.63, 3.8) is 0 Å². The lowest BCUT2D eigenvalue weighted by Crippen LogP contribution is -2.17. The largest absolute Gasteiger partial charge is 0.460 e. The van der Waals surface area contributed by atoms with E-state index in [0.29, 0.717) is 5.56 Å². The molecule has 0 aromatic heterocycles. The molecular formula is C15H14O5S. The summed E-state index contributed by atoms with van der Waals surface area (Å²) in [6.45, 7) is 3.68. The first kappa shape index (κ1) is 15.2. The lowest BCUT2D eigenvalue weighted by atomic mass is 10.0.